The van der Waals surface area contributed by atoms with E-state index in [0.717, 1.165) is 23.2 Å². The van der Waals surface area contributed by atoms with Crippen molar-refractivity contribution in [1.29, 1.82) is 0 Å². The number of hydrogen-bond donors (Lipinski definition) is 1. The van der Waals surface area contributed by atoms with Crippen molar-refractivity contribution in [3.05, 3.63) is 5.01 Å². The second kappa shape index (κ2) is 9.68. The Kier molecular flexibility index (Phi) is 8.47. The van der Waals surface area contributed by atoms with Gasteiger partial charge >= 0.3 is 12.1 Å². The minimum atomic E-state index is -5.08. The van der Waals surface area contributed by atoms with Crippen LogP contribution in [0, 0.1) is 0 Å². The Hall–Kier alpha value is -1.42. The number of carbonyl (C=O) groups is 1. The lowest BCUT2D eigenvalue weighted by Gasteiger charge is -2.29. The van der Waals surface area contributed by atoms with E-state index in [1.54, 1.807) is 11.3 Å². The van der Waals surface area contributed by atoms with Crippen molar-refractivity contribution in [2.45, 2.75) is 64.1 Å². The van der Waals surface area contributed by atoms with Gasteiger partial charge in [-0.2, -0.15) is 13.2 Å². The topological polar surface area (TPSA) is 69.6 Å². The van der Waals surface area contributed by atoms with Gasteiger partial charge in [-0.25, -0.2) is 4.79 Å². The molecule has 0 unspecified atom stereocenters. The number of aromatic nitrogens is 2. The standard InChI is InChI=1S/C15H28N4S.C2HF3O2/c1-15(2,3)13-16-17-14(20-13)19(11-10-18(4)5)12-8-6-7-9-12;3-2(4,5)1(6)7/h12H,6-11H2,1-5H3;(H,6,7). The molecule has 1 heterocycles. The zero-order chi connectivity index (χ0) is 20.8. The lowest BCUT2D eigenvalue weighted by Crippen LogP contribution is -2.38. The predicted molar refractivity (Wildman–Crippen MR) is 100 cm³/mol. The normalized spacial score (nSPS) is 15.6. The number of halogens is 3. The van der Waals surface area contributed by atoms with Crippen LogP contribution in [-0.2, 0) is 10.2 Å². The molecule has 1 N–H and O–H groups in total. The Morgan fingerprint density at radius 1 is 1.15 bits per heavy atom. The fourth-order valence-electron chi connectivity index (χ4n) is 2.59. The van der Waals surface area contributed by atoms with Gasteiger partial charge in [-0.05, 0) is 26.9 Å². The molecule has 1 aliphatic carbocycles. The van der Waals surface area contributed by atoms with Gasteiger partial charge in [0, 0.05) is 24.5 Å². The molecule has 1 aromatic heterocycles. The van der Waals surface area contributed by atoms with Crippen molar-refractivity contribution in [2.75, 3.05) is 32.1 Å². The van der Waals surface area contributed by atoms with Crippen LogP contribution in [0.15, 0.2) is 0 Å². The molecule has 0 saturated heterocycles. The van der Waals surface area contributed by atoms with Crippen molar-refractivity contribution in [3.63, 3.8) is 0 Å². The molecule has 0 atom stereocenters. The molecule has 0 spiro atoms. The Labute approximate surface area is 162 Å². The first-order chi connectivity index (χ1) is 12.3. The van der Waals surface area contributed by atoms with Crippen LogP contribution < -0.4 is 4.90 Å². The SMILES string of the molecule is CN(C)CCN(c1nnc(C(C)(C)C)s1)C1CCCC1.O=C(O)C(F)(F)F. The Morgan fingerprint density at radius 3 is 2.04 bits per heavy atom. The Bertz CT molecular complexity index is 594. The third-order valence-electron chi connectivity index (χ3n) is 4.10. The van der Waals surface area contributed by atoms with Crippen molar-refractivity contribution in [3.8, 4) is 0 Å². The monoisotopic (exact) mass is 410 g/mol. The van der Waals surface area contributed by atoms with Crippen molar-refractivity contribution >= 4 is 22.4 Å². The number of hydrogen-bond acceptors (Lipinski definition) is 6. The highest BCUT2D eigenvalue weighted by Crippen LogP contribution is 2.33. The zero-order valence-corrected chi connectivity index (χ0v) is 17.3. The number of aliphatic carboxylic acids is 1. The van der Waals surface area contributed by atoms with Gasteiger partial charge < -0.3 is 14.9 Å². The summed E-state index contributed by atoms with van der Waals surface area (Å²) >= 11 is 1.77. The molecular weight excluding hydrogens is 381 g/mol. The molecule has 0 radical (unpaired) electrons. The summed E-state index contributed by atoms with van der Waals surface area (Å²) in [4.78, 5) is 13.6. The lowest BCUT2D eigenvalue weighted by molar-refractivity contribution is -0.192. The largest absolute Gasteiger partial charge is 0.490 e. The number of rotatable bonds is 5. The summed E-state index contributed by atoms with van der Waals surface area (Å²) in [5, 5.41) is 18.3. The molecule has 1 fully saturated rings. The average Bonchev–Trinajstić information content (AvgIpc) is 3.17. The molecule has 1 aromatic rings. The van der Waals surface area contributed by atoms with Gasteiger partial charge in [0.05, 0.1) is 0 Å². The van der Waals surface area contributed by atoms with E-state index >= 15 is 0 Å². The van der Waals surface area contributed by atoms with Crippen molar-refractivity contribution in [2.24, 2.45) is 0 Å². The molecule has 27 heavy (non-hydrogen) atoms. The summed E-state index contributed by atoms with van der Waals surface area (Å²) in [5.41, 5.74) is 0.0960. The smallest absolute Gasteiger partial charge is 0.475 e. The Morgan fingerprint density at radius 2 is 1.67 bits per heavy atom. The van der Waals surface area contributed by atoms with Gasteiger partial charge in [-0.1, -0.05) is 44.9 Å². The zero-order valence-electron chi connectivity index (χ0n) is 16.5. The van der Waals surface area contributed by atoms with Gasteiger partial charge in [0.1, 0.15) is 5.01 Å². The number of alkyl halides is 3. The summed E-state index contributed by atoms with van der Waals surface area (Å²) in [7, 11) is 4.26. The summed E-state index contributed by atoms with van der Waals surface area (Å²) in [6.07, 6.45) is 0.234. The van der Waals surface area contributed by atoms with Crippen LogP contribution in [0.25, 0.3) is 0 Å². The molecule has 6 nitrogen and oxygen atoms in total. The van der Waals surface area contributed by atoms with E-state index in [2.05, 4.69) is 54.9 Å². The van der Waals surface area contributed by atoms with E-state index in [0.29, 0.717) is 6.04 Å². The van der Waals surface area contributed by atoms with E-state index in [9.17, 15) is 13.2 Å². The number of carboxylic acid groups (broad SMARTS) is 1. The van der Waals surface area contributed by atoms with E-state index in [4.69, 9.17) is 9.90 Å². The lowest BCUT2D eigenvalue weighted by atomic mass is 9.98. The molecule has 0 bridgehead atoms. The van der Waals surface area contributed by atoms with E-state index in [1.807, 2.05) is 0 Å². The minimum Gasteiger partial charge on any atom is -0.475 e. The third kappa shape index (κ3) is 8.00. The van der Waals surface area contributed by atoms with Crippen LogP contribution in [0.4, 0.5) is 18.3 Å². The van der Waals surface area contributed by atoms with Crippen LogP contribution in [0.2, 0.25) is 0 Å². The van der Waals surface area contributed by atoms with Crippen LogP contribution in [-0.4, -0.2) is 65.6 Å². The summed E-state index contributed by atoms with van der Waals surface area (Å²) in [6, 6.07) is 0.663. The highest BCUT2D eigenvalue weighted by Gasteiger charge is 2.38. The van der Waals surface area contributed by atoms with Gasteiger partial charge in [0.25, 0.3) is 0 Å². The molecule has 1 saturated carbocycles. The molecule has 2 rings (SSSR count). The molecule has 0 aromatic carbocycles. The first kappa shape index (κ1) is 23.6. The number of likely N-dealkylation sites (N-methyl/N-ethyl adjacent to an activating group) is 1. The van der Waals surface area contributed by atoms with E-state index < -0.39 is 12.1 Å². The second-order valence-corrected chi connectivity index (χ2v) is 8.83. The predicted octanol–water partition coefficient (Wildman–Crippen LogP) is 3.78. The fourth-order valence-corrected chi connectivity index (χ4v) is 3.59. The van der Waals surface area contributed by atoms with Crippen molar-refractivity contribution in [1.82, 2.24) is 15.1 Å². The van der Waals surface area contributed by atoms with E-state index in [1.165, 1.54) is 25.7 Å². The molecular formula is C17H29F3N4O2S. The van der Waals surface area contributed by atoms with Gasteiger partial charge in [-0.3, -0.25) is 0 Å². The minimum absolute atomic E-state index is 0.0960. The molecule has 10 heteroatoms. The van der Waals surface area contributed by atoms with Gasteiger partial charge in [-0.15, -0.1) is 10.2 Å². The molecule has 0 amide bonds. The highest BCUT2D eigenvalue weighted by atomic mass is 32.1. The molecule has 1 aliphatic rings. The highest BCUT2D eigenvalue weighted by molar-refractivity contribution is 7.15. The second-order valence-electron chi connectivity index (χ2n) is 7.88. The van der Waals surface area contributed by atoms with Crippen LogP contribution in [0.1, 0.15) is 51.5 Å². The summed E-state index contributed by atoms with van der Waals surface area (Å²) in [5.74, 6) is -2.76. The number of carboxylic acids is 1. The van der Waals surface area contributed by atoms with Gasteiger partial charge in [0.2, 0.25) is 5.13 Å². The molecule has 156 valence electrons. The van der Waals surface area contributed by atoms with Crippen LogP contribution >= 0.6 is 11.3 Å². The number of anilines is 1. The third-order valence-corrected chi connectivity index (χ3v) is 5.48. The number of nitrogens with zero attached hydrogens (tertiary/aromatic N) is 4. The van der Waals surface area contributed by atoms with Crippen molar-refractivity contribution < 1.29 is 23.1 Å². The molecule has 0 aliphatic heterocycles. The Balaban J connectivity index is 0.000000445. The maximum atomic E-state index is 10.6. The first-order valence-electron chi connectivity index (χ1n) is 8.88. The summed E-state index contributed by atoms with van der Waals surface area (Å²) in [6.45, 7) is 8.74. The summed E-state index contributed by atoms with van der Waals surface area (Å²) < 4.78 is 31.7. The van der Waals surface area contributed by atoms with E-state index in [-0.39, 0.29) is 5.41 Å². The maximum Gasteiger partial charge on any atom is 0.490 e. The maximum absolute atomic E-state index is 10.6. The fraction of sp³-hybridized carbons (Fsp3) is 0.824. The average molecular weight is 411 g/mol. The van der Waals surface area contributed by atoms with Crippen LogP contribution in [0.3, 0.4) is 0 Å². The van der Waals surface area contributed by atoms with Gasteiger partial charge in [0.15, 0.2) is 0 Å². The first-order valence-corrected chi connectivity index (χ1v) is 9.69. The van der Waals surface area contributed by atoms with Crippen LogP contribution in [0.5, 0.6) is 0 Å². The quantitative estimate of drug-likeness (QED) is 0.797.